The highest BCUT2D eigenvalue weighted by Crippen LogP contribution is 2.38. The van der Waals surface area contributed by atoms with Crippen molar-refractivity contribution in [1.29, 1.82) is 0 Å². The molecule has 0 spiro atoms. The van der Waals surface area contributed by atoms with Crippen molar-refractivity contribution in [3.8, 4) is 11.4 Å². The first-order valence-electron chi connectivity index (χ1n) is 7.60. The van der Waals surface area contributed by atoms with Gasteiger partial charge in [0, 0.05) is 24.1 Å². The van der Waals surface area contributed by atoms with E-state index < -0.39 is 11.5 Å². The Balaban J connectivity index is 2.17. The zero-order valence-corrected chi connectivity index (χ0v) is 14.9. The molecule has 3 aromatic rings. The van der Waals surface area contributed by atoms with Crippen molar-refractivity contribution in [3.63, 3.8) is 0 Å². The lowest BCUT2D eigenvalue weighted by atomic mass is 10.1. The SMILES string of the molecule is CC(C)(C)N(c1ncccn1)c1nc(-c2ccccn2)c(C(=O)O)s1. The van der Waals surface area contributed by atoms with Gasteiger partial charge in [0.25, 0.3) is 0 Å². The number of aromatic carboxylic acids is 1. The lowest BCUT2D eigenvalue weighted by molar-refractivity contribution is 0.0702. The maximum absolute atomic E-state index is 11.7. The summed E-state index contributed by atoms with van der Waals surface area (Å²) >= 11 is 1.09. The number of anilines is 2. The summed E-state index contributed by atoms with van der Waals surface area (Å²) in [7, 11) is 0. The first kappa shape index (κ1) is 17.0. The molecule has 7 nitrogen and oxygen atoms in total. The van der Waals surface area contributed by atoms with Crippen molar-refractivity contribution >= 4 is 28.4 Å². The maximum Gasteiger partial charge on any atom is 0.348 e. The molecule has 1 N–H and O–H groups in total. The maximum atomic E-state index is 11.7. The molecule has 128 valence electrons. The molecule has 0 saturated heterocycles. The summed E-state index contributed by atoms with van der Waals surface area (Å²) in [5.41, 5.74) is 0.472. The van der Waals surface area contributed by atoms with Gasteiger partial charge in [0.15, 0.2) is 5.13 Å². The predicted molar refractivity (Wildman–Crippen MR) is 96.2 cm³/mol. The largest absolute Gasteiger partial charge is 0.477 e. The van der Waals surface area contributed by atoms with Crippen LogP contribution < -0.4 is 4.90 Å². The molecule has 0 atom stereocenters. The Labute approximate surface area is 149 Å². The van der Waals surface area contributed by atoms with Crippen LogP contribution in [0.3, 0.4) is 0 Å². The average Bonchev–Trinajstić information content (AvgIpc) is 3.00. The molecule has 0 radical (unpaired) electrons. The van der Waals surface area contributed by atoms with Crippen LogP contribution in [-0.4, -0.2) is 36.6 Å². The Kier molecular flexibility index (Phi) is 4.45. The topological polar surface area (TPSA) is 92.1 Å². The number of carboxylic acids is 1. The minimum atomic E-state index is -1.03. The summed E-state index contributed by atoms with van der Waals surface area (Å²) in [5, 5.41) is 10.1. The molecule has 0 aliphatic carbocycles. The Morgan fingerprint density at radius 3 is 2.32 bits per heavy atom. The molecule has 3 heterocycles. The molecule has 0 saturated carbocycles. The fourth-order valence-corrected chi connectivity index (χ4v) is 3.41. The number of hydrogen-bond donors (Lipinski definition) is 1. The highest BCUT2D eigenvalue weighted by molar-refractivity contribution is 7.18. The van der Waals surface area contributed by atoms with E-state index >= 15 is 0 Å². The first-order chi connectivity index (χ1) is 11.9. The lowest BCUT2D eigenvalue weighted by Gasteiger charge is -2.33. The number of rotatable bonds is 4. The van der Waals surface area contributed by atoms with E-state index in [9.17, 15) is 9.90 Å². The van der Waals surface area contributed by atoms with Crippen molar-refractivity contribution < 1.29 is 9.90 Å². The second-order valence-electron chi connectivity index (χ2n) is 6.25. The molecule has 0 fully saturated rings. The number of aromatic nitrogens is 4. The molecule has 0 aliphatic rings. The van der Waals surface area contributed by atoms with E-state index in [-0.39, 0.29) is 4.88 Å². The van der Waals surface area contributed by atoms with Gasteiger partial charge in [-0.15, -0.1) is 0 Å². The zero-order chi connectivity index (χ0) is 18.0. The third-order valence-corrected chi connectivity index (χ3v) is 4.36. The van der Waals surface area contributed by atoms with Gasteiger partial charge in [-0.3, -0.25) is 9.88 Å². The van der Waals surface area contributed by atoms with Crippen LogP contribution >= 0.6 is 11.3 Å². The monoisotopic (exact) mass is 355 g/mol. The van der Waals surface area contributed by atoms with Gasteiger partial charge in [0.1, 0.15) is 10.6 Å². The van der Waals surface area contributed by atoms with Crippen molar-refractivity contribution in [2.45, 2.75) is 26.3 Å². The fraction of sp³-hybridized carbons (Fsp3) is 0.235. The number of thiazole rings is 1. The highest BCUT2D eigenvalue weighted by Gasteiger charge is 2.31. The molecule has 8 heteroatoms. The second kappa shape index (κ2) is 6.56. The minimum Gasteiger partial charge on any atom is -0.477 e. The van der Waals surface area contributed by atoms with E-state index in [0.717, 1.165) is 11.3 Å². The van der Waals surface area contributed by atoms with Gasteiger partial charge in [0.05, 0.1) is 5.69 Å². The van der Waals surface area contributed by atoms with E-state index in [0.29, 0.717) is 22.5 Å². The van der Waals surface area contributed by atoms with Crippen molar-refractivity contribution in [1.82, 2.24) is 19.9 Å². The number of nitrogens with zero attached hydrogens (tertiary/aromatic N) is 5. The van der Waals surface area contributed by atoms with Gasteiger partial charge >= 0.3 is 5.97 Å². The molecule has 0 aliphatic heterocycles. The van der Waals surface area contributed by atoms with E-state index in [1.807, 2.05) is 25.7 Å². The van der Waals surface area contributed by atoms with E-state index in [1.54, 1.807) is 42.9 Å². The lowest BCUT2D eigenvalue weighted by Crippen LogP contribution is -2.38. The van der Waals surface area contributed by atoms with Crippen molar-refractivity contribution in [2.75, 3.05) is 4.90 Å². The van der Waals surface area contributed by atoms with Gasteiger partial charge in [-0.1, -0.05) is 17.4 Å². The van der Waals surface area contributed by atoms with Crippen LogP contribution in [0, 0.1) is 0 Å². The predicted octanol–water partition coefficient (Wildman–Crippen LogP) is 3.63. The number of carboxylic acid groups (broad SMARTS) is 1. The third-order valence-electron chi connectivity index (χ3n) is 3.33. The van der Waals surface area contributed by atoms with Crippen LogP contribution in [0.15, 0.2) is 42.9 Å². The average molecular weight is 355 g/mol. The number of hydrogen-bond acceptors (Lipinski definition) is 7. The summed E-state index contributed by atoms with van der Waals surface area (Å²) < 4.78 is 0. The fourth-order valence-electron chi connectivity index (χ4n) is 2.31. The summed E-state index contributed by atoms with van der Waals surface area (Å²) in [4.78, 5) is 31.1. The van der Waals surface area contributed by atoms with Crippen LogP contribution in [0.4, 0.5) is 11.1 Å². The smallest absolute Gasteiger partial charge is 0.348 e. The van der Waals surface area contributed by atoms with Gasteiger partial charge in [-0.2, -0.15) is 0 Å². The molecule has 0 aromatic carbocycles. The molecule has 0 amide bonds. The summed E-state index contributed by atoms with van der Waals surface area (Å²) in [6.07, 6.45) is 4.90. The molecule has 3 rings (SSSR count). The molecular formula is C17H17N5O2S. The standard InChI is InChI=1S/C17H17N5O2S/c1-17(2,3)22(15-19-9-6-10-20-15)16-21-12(13(25-16)14(23)24)11-7-4-5-8-18-11/h4-10H,1-3H3,(H,23,24). The van der Waals surface area contributed by atoms with Gasteiger partial charge in [-0.05, 0) is 39.0 Å². The van der Waals surface area contributed by atoms with Crippen LogP contribution in [0.5, 0.6) is 0 Å². The van der Waals surface area contributed by atoms with Crippen molar-refractivity contribution in [3.05, 3.63) is 47.7 Å². The van der Waals surface area contributed by atoms with E-state index in [1.165, 1.54) is 0 Å². The number of pyridine rings is 1. The summed E-state index contributed by atoms with van der Waals surface area (Å²) in [5.74, 6) is -0.569. The molecule has 25 heavy (non-hydrogen) atoms. The van der Waals surface area contributed by atoms with Crippen LogP contribution in [0.2, 0.25) is 0 Å². The van der Waals surface area contributed by atoms with Crippen molar-refractivity contribution in [2.24, 2.45) is 0 Å². The molecule has 3 aromatic heterocycles. The Morgan fingerprint density at radius 1 is 1.08 bits per heavy atom. The quantitative estimate of drug-likeness (QED) is 0.764. The van der Waals surface area contributed by atoms with Gasteiger partial charge < -0.3 is 5.11 Å². The Bertz CT molecular complexity index is 875. The summed E-state index contributed by atoms with van der Waals surface area (Å²) in [6, 6.07) is 7.05. The molecular weight excluding hydrogens is 338 g/mol. The second-order valence-corrected chi connectivity index (χ2v) is 7.23. The van der Waals surface area contributed by atoms with E-state index in [2.05, 4.69) is 19.9 Å². The molecule has 0 bridgehead atoms. The Hall–Kier alpha value is -2.87. The van der Waals surface area contributed by atoms with Gasteiger partial charge in [-0.25, -0.2) is 19.7 Å². The number of carbonyl (C=O) groups is 1. The third kappa shape index (κ3) is 3.48. The van der Waals surface area contributed by atoms with Gasteiger partial charge in [0.2, 0.25) is 5.95 Å². The molecule has 0 unspecified atom stereocenters. The first-order valence-corrected chi connectivity index (χ1v) is 8.42. The minimum absolute atomic E-state index is 0.138. The zero-order valence-electron chi connectivity index (χ0n) is 14.0. The van der Waals surface area contributed by atoms with Crippen LogP contribution in [0.25, 0.3) is 11.4 Å². The Morgan fingerprint density at radius 2 is 1.76 bits per heavy atom. The van der Waals surface area contributed by atoms with E-state index in [4.69, 9.17) is 0 Å². The normalized spacial score (nSPS) is 11.3. The van der Waals surface area contributed by atoms with Crippen LogP contribution in [-0.2, 0) is 0 Å². The van der Waals surface area contributed by atoms with Crippen LogP contribution in [0.1, 0.15) is 30.4 Å². The highest BCUT2D eigenvalue weighted by atomic mass is 32.1. The summed E-state index contributed by atoms with van der Waals surface area (Å²) in [6.45, 7) is 5.98.